The largest absolute Gasteiger partial charge is 0.311 e. The molecule has 2 rings (SSSR count). The Bertz CT molecular complexity index is 499. The molecule has 75 valence electrons. The monoisotopic (exact) mass is 198 g/mol. The van der Waals surface area contributed by atoms with Crippen LogP contribution in [-0.4, -0.2) is 4.57 Å². The lowest BCUT2D eigenvalue weighted by Gasteiger charge is -2.05. The van der Waals surface area contributed by atoms with Crippen molar-refractivity contribution in [1.82, 2.24) is 4.57 Å². The van der Waals surface area contributed by atoms with Crippen LogP contribution in [0.25, 0.3) is 0 Å². The van der Waals surface area contributed by atoms with Crippen LogP contribution in [0.1, 0.15) is 11.1 Å². The van der Waals surface area contributed by atoms with Gasteiger partial charge < -0.3 is 4.57 Å². The first-order valence-corrected chi connectivity index (χ1v) is 4.82. The number of hydrogen-bond donors (Lipinski definition) is 0. The van der Waals surface area contributed by atoms with Crippen LogP contribution in [0.15, 0.2) is 53.5 Å². The summed E-state index contributed by atoms with van der Waals surface area (Å²) < 4.78 is 1.66. The predicted molar refractivity (Wildman–Crippen MR) is 60.7 cm³/mol. The summed E-state index contributed by atoms with van der Waals surface area (Å²) in [7, 11) is 0. The Hall–Kier alpha value is -1.83. The van der Waals surface area contributed by atoms with Crippen LogP contribution < -0.4 is 5.56 Å². The standard InChI is InChI=1S/C13H12NO/c1-11-7-8-13(15)14(9-11)10-12-5-3-2-4-6-12/h2-9H,1,10H2. The molecule has 0 aliphatic carbocycles. The molecular formula is C13H12NO. The van der Waals surface area contributed by atoms with Gasteiger partial charge in [0.15, 0.2) is 0 Å². The third-order valence-corrected chi connectivity index (χ3v) is 2.24. The molecule has 0 fully saturated rings. The molecule has 0 N–H and O–H groups in total. The highest BCUT2D eigenvalue weighted by Crippen LogP contribution is 2.01. The van der Waals surface area contributed by atoms with Crippen LogP contribution in [-0.2, 0) is 6.54 Å². The minimum absolute atomic E-state index is 0.00579. The SMILES string of the molecule is [CH2]c1ccc(=O)n(Cc2ccccc2)c1. The van der Waals surface area contributed by atoms with E-state index in [-0.39, 0.29) is 5.56 Å². The number of benzene rings is 1. The van der Waals surface area contributed by atoms with Crippen LogP contribution in [0, 0.1) is 6.92 Å². The summed E-state index contributed by atoms with van der Waals surface area (Å²) in [5.41, 5.74) is 1.97. The van der Waals surface area contributed by atoms with Crippen molar-refractivity contribution in [2.45, 2.75) is 6.54 Å². The molecule has 1 aromatic heterocycles. The van der Waals surface area contributed by atoms with Crippen LogP contribution >= 0.6 is 0 Å². The second-order valence-corrected chi connectivity index (χ2v) is 3.49. The van der Waals surface area contributed by atoms with E-state index in [9.17, 15) is 4.79 Å². The number of aromatic nitrogens is 1. The highest BCUT2D eigenvalue weighted by atomic mass is 16.1. The molecule has 0 bridgehead atoms. The first-order chi connectivity index (χ1) is 7.25. The second kappa shape index (κ2) is 4.13. The van der Waals surface area contributed by atoms with Gasteiger partial charge in [-0.05, 0) is 18.1 Å². The molecule has 0 unspecified atom stereocenters. The number of nitrogens with zero attached hydrogens (tertiary/aromatic N) is 1. The van der Waals surface area contributed by atoms with Crippen LogP contribution in [0.2, 0.25) is 0 Å². The third kappa shape index (κ3) is 2.34. The fourth-order valence-corrected chi connectivity index (χ4v) is 1.48. The summed E-state index contributed by atoms with van der Waals surface area (Å²) >= 11 is 0. The molecular weight excluding hydrogens is 186 g/mol. The van der Waals surface area contributed by atoms with Crippen molar-refractivity contribution in [2.75, 3.05) is 0 Å². The lowest BCUT2D eigenvalue weighted by Crippen LogP contribution is -2.19. The van der Waals surface area contributed by atoms with Gasteiger partial charge >= 0.3 is 0 Å². The molecule has 15 heavy (non-hydrogen) atoms. The summed E-state index contributed by atoms with van der Waals surface area (Å²) in [5, 5.41) is 0. The van der Waals surface area contributed by atoms with Crippen molar-refractivity contribution in [3.8, 4) is 0 Å². The zero-order chi connectivity index (χ0) is 10.7. The molecule has 1 radical (unpaired) electrons. The van der Waals surface area contributed by atoms with E-state index in [1.165, 1.54) is 0 Å². The maximum absolute atomic E-state index is 11.5. The van der Waals surface area contributed by atoms with Crippen LogP contribution in [0.3, 0.4) is 0 Å². The Morgan fingerprint density at radius 2 is 1.80 bits per heavy atom. The zero-order valence-corrected chi connectivity index (χ0v) is 8.39. The van der Waals surface area contributed by atoms with Gasteiger partial charge in [-0.15, -0.1) is 0 Å². The van der Waals surface area contributed by atoms with E-state index in [2.05, 4.69) is 6.92 Å². The van der Waals surface area contributed by atoms with Crippen molar-refractivity contribution in [3.05, 3.63) is 77.1 Å². The quantitative estimate of drug-likeness (QED) is 0.724. The van der Waals surface area contributed by atoms with Crippen LogP contribution in [0.5, 0.6) is 0 Å². The molecule has 0 aliphatic heterocycles. The molecule has 2 nitrogen and oxygen atoms in total. The fraction of sp³-hybridized carbons (Fsp3) is 0.0769. The molecule has 2 heteroatoms. The van der Waals surface area contributed by atoms with E-state index in [1.54, 1.807) is 22.9 Å². The molecule has 0 spiro atoms. The fourth-order valence-electron chi connectivity index (χ4n) is 1.48. The van der Waals surface area contributed by atoms with E-state index in [0.717, 1.165) is 11.1 Å². The predicted octanol–water partition coefficient (Wildman–Crippen LogP) is 2.08. The molecule has 0 aliphatic rings. The molecule has 1 heterocycles. The Morgan fingerprint density at radius 3 is 2.53 bits per heavy atom. The molecule has 1 aromatic carbocycles. The van der Waals surface area contributed by atoms with Gasteiger partial charge in [-0.3, -0.25) is 4.79 Å². The summed E-state index contributed by atoms with van der Waals surface area (Å²) in [5.74, 6) is 0. The average molecular weight is 198 g/mol. The average Bonchev–Trinajstić information content (AvgIpc) is 2.25. The van der Waals surface area contributed by atoms with Crippen molar-refractivity contribution < 1.29 is 0 Å². The Labute approximate surface area is 88.8 Å². The highest BCUT2D eigenvalue weighted by Gasteiger charge is 1.97. The van der Waals surface area contributed by atoms with Gasteiger partial charge in [-0.1, -0.05) is 36.4 Å². The van der Waals surface area contributed by atoms with Crippen molar-refractivity contribution >= 4 is 0 Å². The lowest BCUT2D eigenvalue weighted by molar-refractivity contribution is 0.757. The molecule has 0 saturated carbocycles. The molecule has 0 atom stereocenters. The van der Waals surface area contributed by atoms with Gasteiger partial charge in [0.1, 0.15) is 0 Å². The van der Waals surface area contributed by atoms with Gasteiger partial charge in [-0.25, -0.2) is 0 Å². The molecule has 0 amide bonds. The maximum atomic E-state index is 11.5. The Kier molecular flexibility index (Phi) is 2.68. The zero-order valence-electron chi connectivity index (χ0n) is 8.39. The Balaban J connectivity index is 2.32. The van der Waals surface area contributed by atoms with Crippen molar-refractivity contribution in [2.24, 2.45) is 0 Å². The first-order valence-electron chi connectivity index (χ1n) is 4.82. The third-order valence-electron chi connectivity index (χ3n) is 2.24. The topological polar surface area (TPSA) is 22.0 Å². The minimum Gasteiger partial charge on any atom is -0.311 e. The smallest absolute Gasteiger partial charge is 0.250 e. The van der Waals surface area contributed by atoms with E-state index in [1.807, 2.05) is 30.3 Å². The van der Waals surface area contributed by atoms with E-state index >= 15 is 0 Å². The molecule has 2 aromatic rings. The lowest BCUT2D eigenvalue weighted by atomic mass is 10.2. The van der Waals surface area contributed by atoms with Gasteiger partial charge in [0.25, 0.3) is 5.56 Å². The van der Waals surface area contributed by atoms with Crippen molar-refractivity contribution in [1.29, 1.82) is 0 Å². The van der Waals surface area contributed by atoms with E-state index in [0.29, 0.717) is 6.54 Å². The second-order valence-electron chi connectivity index (χ2n) is 3.49. The normalized spacial score (nSPS) is 10.2. The Morgan fingerprint density at radius 1 is 1.07 bits per heavy atom. The van der Waals surface area contributed by atoms with Gasteiger partial charge in [0, 0.05) is 12.3 Å². The van der Waals surface area contributed by atoms with Gasteiger partial charge in [0.2, 0.25) is 0 Å². The minimum atomic E-state index is 0.00579. The summed E-state index contributed by atoms with van der Waals surface area (Å²) in [6.45, 7) is 4.40. The van der Waals surface area contributed by atoms with Crippen molar-refractivity contribution in [3.63, 3.8) is 0 Å². The number of hydrogen-bond acceptors (Lipinski definition) is 1. The summed E-state index contributed by atoms with van der Waals surface area (Å²) in [6, 6.07) is 13.2. The van der Waals surface area contributed by atoms with Gasteiger partial charge in [-0.2, -0.15) is 0 Å². The van der Waals surface area contributed by atoms with E-state index < -0.39 is 0 Å². The van der Waals surface area contributed by atoms with Gasteiger partial charge in [0.05, 0.1) is 6.54 Å². The summed E-state index contributed by atoms with van der Waals surface area (Å²) in [6.07, 6.45) is 1.77. The molecule has 0 saturated heterocycles. The van der Waals surface area contributed by atoms with Crippen LogP contribution in [0.4, 0.5) is 0 Å². The van der Waals surface area contributed by atoms with E-state index in [4.69, 9.17) is 0 Å². The summed E-state index contributed by atoms with van der Waals surface area (Å²) in [4.78, 5) is 11.5. The highest BCUT2D eigenvalue weighted by molar-refractivity contribution is 5.18. The first kappa shape index (κ1) is 9.71. The number of rotatable bonds is 2. The maximum Gasteiger partial charge on any atom is 0.250 e. The number of pyridine rings is 1.